The van der Waals surface area contributed by atoms with Crippen LogP contribution in [0.4, 0.5) is 0 Å². The maximum Gasteiger partial charge on any atom is 0.231 e. The van der Waals surface area contributed by atoms with Crippen molar-refractivity contribution in [2.45, 2.75) is 45.0 Å². The van der Waals surface area contributed by atoms with E-state index in [1.165, 1.54) is 0 Å². The van der Waals surface area contributed by atoms with Gasteiger partial charge in [-0.2, -0.15) is 0 Å². The first-order valence-electron chi connectivity index (χ1n) is 9.00. The van der Waals surface area contributed by atoms with Crippen molar-refractivity contribution in [3.8, 4) is 11.5 Å². The molecule has 0 aromatic heterocycles. The van der Waals surface area contributed by atoms with Crippen LogP contribution in [0.15, 0.2) is 30.9 Å². The van der Waals surface area contributed by atoms with E-state index in [0.29, 0.717) is 19.1 Å². The van der Waals surface area contributed by atoms with Gasteiger partial charge in [0, 0.05) is 18.4 Å². The van der Waals surface area contributed by atoms with Crippen LogP contribution in [0.3, 0.4) is 0 Å². The second-order valence-electron chi connectivity index (χ2n) is 8.50. The normalized spacial score (nSPS) is 26.0. The summed E-state index contributed by atoms with van der Waals surface area (Å²) in [5.41, 5.74) is 1.12. The van der Waals surface area contributed by atoms with Gasteiger partial charge in [0.1, 0.15) is 0 Å². The van der Waals surface area contributed by atoms with Crippen LogP contribution >= 0.6 is 0 Å². The lowest BCUT2D eigenvalue weighted by Gasteiger charge is -2.37. The summed E-state index contributed by atoms with van der Waals surface area (Å²) < 4.78 is 23.6. The second-order valence-corrected chi connectivity index (χ2v) is 13.3. The lowest BCUT2D eigenvalue weighted by atomic mass is 9.88. The van der Waals surface area contributed by atoms with Crippen molar-refractivity contribution in [3.05, 3.63) is 36.4 Å². The molecule has 0 saturated carbocycles. The number of rotatable bonds is 5. The topological polar surface area (TPSA) is 36.9 Å². The SMILES string of the molecule is C=CC1CO[C@@H](c2ccc3c(c2)OCO3)[C@H]1CO[Si](C)(C)C(C)(C)C. The van der Waals surface area contributed by atoms with E-state index >= 15 is 0 Å². The summed E-state index contributed by atoms with van der Waals surface area (Å²) in [6.45, 7) is 17.1. The van der Waals surface area contributed by atoms with Crippen molar-refractivity contribution in [2.24, 2.45) is 11.8 Å². The maximum atomic E-state index is 6.51. The Balaban J connectivity index is 1.78. The first-order valence-corrected chi connectivity index (χ1v) is 11.9. The Labute approximate surface area is 152 Å². The van der Waals surface area contributed by atoms with E-state index in [0.717, 1.165) is 17.1 Å². The molecule has 1 fully saturated rings. The molecule has 0 bridgehead atoms. The largest absolute Gasteiger partial charge is 0.454 e. The Kier molecular flexibility index (Phi) is 5.01. The van der Waals surface area contributed by atoms with Crippen molar-refractivity contribution >= 4 is 8.32 Å². The summed E-state index contributed by atoms with van der Waals surface area (Å²) in [6, 6.07) is 6.08. The zero-order valence-electron chi connectivity index (χ0n) is 16.0. The van der Waals surface area contributed by atoms with E-state index in [1.54, 1.807) is 0 Å². The van der Waals surface area contributed by atoms with Gasteiger partial charge in [-0.25, -0.2) is 0 Å². The summed E-state index contributed by atoms with van der Waals surface area (Å²) >= 11 is 0. The van der Waals surface area contributed by atoms with Gasteiger partial charge in [-0.3, -0.25) is 0 Å². The molecule has 25 heavy (non-hydrogen) atoms. The van der Waals surface area contributed by atoms with E-state index < -0.39 is 8.32 Å². The lowest BCUT2D eigenvalue weighted by Crippen LogP contribution is -2.42. The van der Waals surface area contributed by atoms with Crippen LogP contribution in [0.25, 0.3) is 0 Å². The molecule has 3 atom stereocenters. The molecule has 1 saturated heterocycles. The maximum absolute atomic E-state index is 6.51. The molecule has 0 N–H and O–H groups in total. The number of fused-ring (bicyclic) bond motifs is 1. The van der Waals surface area contributed by atoms with Crippen molar-refractivity contribution in [3.63, 3.8) is 0 Å². The summed E-state index contributed by atoms with van der Waals surface area (Å²) in [5.74, 6) is 2.18. The molecule has 0 radical (unpaired) electrons. The van der Waals surface area contributed by atoms with Gasteiger partial charge in [0.05, 0.1) is 12.7 Å². The Morgan fingerprint density at radius 2 is 1.96 bits per heavy atom. The number of ether oxygens (including phenoxy) is 3. The van der Waals surface area contributed by atoms with Crippen molar-refractivity contribution in [2.75, 3.05) is 20.0 Å². The molecule has 2 heterocycles. The molecule has 2 aliphatic heterocycles. The van der Waals surface area contributed by atoms with Gasteiger partial charge >= 0.3 is 0 Å². The standard InChI is InChI=1S/C20H30O4Si/c1-7-14-11-21-19(15-8-9-17-18(10-15)23-13-22-17)16(14)12-24-25(5,6)20(2,3)4/h7-10,14,16,19H,1,11-13H2,2-6H3/t14?,16-,19-/m0/s1. The van der Waals surface area contributed by atoms with E-state index in [4.69, 9.17) is 18.6 Å². The minimum absolute atomic E-state index is 0.00210. The number of hydrogen-bond donors (Lipinski definition) is 0. The molecule has 138 valence electrons. The third-order valence-electron chi connectivity index (χ3n) is 5.88. The average molecular weight is 363 g/mol. The highest BCUT2D eigenvalue weighted by Crippen LogP contribution is 2.44. The summed E-state index contributed by atoms with van der Waals surface area (Å²) in [5, 5.41) is 0.199. The van der Waals surface area contributed by atoms with Crippen LogP contribution in [0.1, 0.15) is 32.4 Å². The molecule has 0 aliphatic carbocycles. The molecule has 0 amide bonds. The van der Waals surface area contributed by atoms with E-state index in [1.807, 2.05) is 18.2 Å². The first kappa shape index (κ1) is 18.5. The smallest absolute Gasteiger partial charge is 0.231 e. The predicted molar refractivity (Wildman–Crippen MR) is 102 cm³/mol. The van der Waals surface area contributed by atoms with Crippen LogP contribution in [-0.4, -0.2) is 28.3 Å². The second kappa shape index (κ2) is 6.78. The molecule has 1 aromatic rings. The van der Waals surface area contributed by atoms with Gasteiger partial charge in [-0.05, 0) is 35.8 Å². The van der Waals surface area contributed by atoms with Gasteiger partial charge in [-0.15, -0.1) is 6.58 Å². The highest BCUT2D eigenvalue weighted by atomic mass is 28.4. The van der Waals surface area contributed by atoms with Crippen molar-refractivity contribution < 1.29 is 18.6 Å². The minimum atomic E-state index is -1.80. The Bertz CT molecular complexity index is 635. The zero-order chi connectivity index (χ0) is 18.2. The molecule has 4 nitrogen and oxygen atoms in total. The van der Waals surface area contributed by atoms with Crippen molar-refractivity contribution in [1.82, 2.24) is 0 Å². The fourth-order valence-electron chi connectivity index (χ4n) is 3.09. The summed E-state index contributed by atoms with van der Waals surface area (Å²) in [6.07, 6.45) is 2.01. The molecule has 0 spiro atoms. The Morgan fingerprint density at radius 3 is 2.64 bits per heavy atom. The van der Waals surface area contributed by atoms with Gasteiger partial charge in [0.25, 0.3) is 0 Å². The third-order valence-corrected chi connectivity index (χ3v) is 10.4. The quantitative estimate of drug-likeness (QED) is 0.550. The highest BCUT2D eigenvalue weighted by molar-refractivity contribution is 6.74. The molecule has 3 rings (SSSR count). The molecule has 2 aliphatic rings. The van der Waals surface area contributed by atoms with Crippen LogP contribution in [0.5, 0.6) is 11.5 Å². The van der Waals surface area contributed by atoms with Crippen LogP contribution in [0, 0.1) is 11.8 Å². The minimum Gasteiger partial charge on any atom is -0.454 e. The van der Waals surface area contributed by atoms with E-state index in [9.17, 15) is 0 Å². The van der Waals surface area contributed by atoms with Gasteiger partial charge < -0.3 is 18.6 Å². The van der Waals surface area contributed by atoms with Gasteiger partial charge in [-0.1, -0.05) is 32.9 Å². The Morgan fingerprint density at radius 1 is 1.24 bits per heavy atom. The fraction of sp³-hybridized carbons (Fsp3) is 0.600. The third kappa shape index (κ3) is 3.64. The van der Waals surface area contributed by atoms with Crippen LogP contribution in [-0.2, 0) is 9.16 Å². The summed E-state index contributed by atoms with van der Waals surface area (Å²) in [4.78, 5) is 0. The predicted octanol–water partition coefficient (Wildman–Crippen LogP) is 4.93. The van der Waals surface area contributed by atoms with Gasteiger partial charge in [0.15, 0.2) is 19.8 Å². The van der Waals surface area contributed by atoms with Crippen LogP contribution < -0.4 is 9.47 Å². The monoisotopic (exact) mass is 362 g/mol. The van der Waals surface area contributed by atoms with E-state index in [2.05, 4.69) is 46.5 Å². The molecule has 5 heteroatoms. The molecular weight excluding hydrogens is 332 g/mol. The Hall–Kier alpha value is -1.30. The van der Waals surface area contributed by atoms with Crippen molar-refractivity contribution in [1.29, 1.82) is 0 Å². The van der Waals surface area contributed by atoms with Crippen LogP contribution in [0.2, 0.25) is 18.1 Å². The summed E-state index contributed by atoms with van der Waals surface area (Å²) in [7, 11) is -1.80. The average Bonchev–Trinajstić information content (AvgIpc) is 3.17. The molecule has 1 unspecified atom stereocenters. The first-order chi connectivity index (χ1) is 11.7. The molecular formula is C20H30O4Si. The lowest BCUT2D eigenvalue weighted by molar-refractivity contribution is 0.0735. The van der Waals surface area contributed by atoms with E-state index in [-0.39, 0.29) is 23.9 Å². The number of hydrogen-bond acceptors (Lipinski definition) is 4. The highest BCUT2D eigenvalue weighted by Gasteiger charge is 2.42. The van der Waals surface area contributed by atoms with Gasteiger partial charge in [0.2, 0.25) is 6.79 Å². The molecule has 1 aromatic carbocycles. The number of benzene rings is 1. The fourth-order valence-corrected chi connectivity index (χ4v) is 4.14. The zero-order valence-corrected chi connectivity index (χ0v) is 17.0.